The van der Waals surface area contributed by atoms with Gasteiger partial charge in [0.2, 0.25) is 15.9 Å². The molecule has 2 aromatic carbocycles. The largest absolute Gasteiger partial charge is 0.454 e. The third kappa shape index (κ3) is 5.47. The van der Waals surface area contributed by atoms with Crippen molar-refractivity contribution in [1.29, 1.82) is 0 Å². The van der Waals surface area contributed by atoms with Crippen LogP contribution in [0.3, 0.4) is 0 Å². The molecule has 0 unspecified atom stereocenters. The average molecular weight is 423 g/mol. The lowest BCUT2D eigenvalue weighted by molar-refractivity contribution is -0.116. The number of hydrogen-bond acceptors (Lipinski definition) is 4. The van der Waals surface area contributed by atoms with Gasteiger partial charge in [0.1, 0.15) is 5.75 Å². The number of ether oxygens (including phenoxy) is 1. The van der Waals surface area contributed by atoms with Crippen LogP contribution >= 0.6 is 11.6 Å². The van der Waals surface area contributed by atoms with Crippen LogP contribution in [0, 0.1) is 0 Å². The topological polar surface area (TPSA) is 75.7 Å². The van der Waals surface area contributed by atoms with Gasteiger partial charge in [-0.05, 0) is 43.5 Å². The third-order valence-corrected chi connectivity index (χ3v) is 6.75. The predicted molar refractivity (Wildman–Crippen MR) is 110 cm³/mol. The lowest BCUT2D eigenvalue weighted by Crippen LogP contribution is -2.30. The van der Waals surface area contributed by atoms with Gasteiger partial charge in [0, 0.05) is 19.5 Å². The van der Waals surface area contributed by atoms with E-state index in [2.05, 4.69) is 5.32 Å². The maximum atomic E-state index is 12.3. The standard InChI is InChI=1S/C20H23ClN2O4S/c21-16-8-1-3-10-18(16)27-19-11-4-2-9-17(19)22-20(24)12-7-15-28(25,26)23-13-5-6-14-23/h1-4,8-11H,5-7,12-15H2,(H,22,24). The van der Waals surface area contributed by atoms with Gasteiger partial charge in [-0.1, -0.05) is 35.9 Å². The van der Waals surface area contributed by atoms with Gasteiger partial charge in [-0.15, -0.1) is 0 Å². The summed E-state index contributed by atoms with van der Waals surface area (Å²) in [5.74, 6) is 0.682. The van der Waals surface area contributed by atoms with E-state index >= 15 is 0 Å². The second-order valence-corrected chi connectivity index (χ2v) is 9.10. The Bertz CT molecular complexity index is 927. The molecule has 1 fully saturated rings. The molecule has 0 radical (unpaired) electrons. The summed E-state index contributed by atoms with van der Waals surface area (Å²) in [6.07, 6.45) is 2.20. The van der Waals surface area contributed by atoms with Crippen molar-refractivity contribution < 1.29 is 17.9 Å². The summed E-state index contributed by atoms with van der Waals surface area (Å²) < 4.78 is 31.8. The highest BCUT2D eigenvalue weighted by Gasteiger charge is 2.24. The first-order chi connectivity index (χ1) is 13.5. The number of nitrogens with zero attached hydrogens (tertiary/aromatic N) is 1. The molecule has 0 spiro atoms. The van der Waals surface area contributed by atoms with E-state index in [1.54, 1.807) is 42.5 Å². The zero-order valence-corrected chi connectivity index (χ0v) is 17.0. The van der Waals surface area contributed by atoms with Crippen molar-refractivity contribution in [2.24, 2.45) is 0 Å². The molecule has 150 valence electrons. The number of benzene rings is 2. The van der Waals surface area contributed by atoms with Crippen molar-refractivity contribution in [3.63, 3.8) is 0 Å². The van der Waals surface area contributed by atoms with Crippen LogP contribution in [0.4, 0.5) is 5.69 Å². The number of carbonyl (C=O) groups excluding carboxylic acids is 1. The third-order valence-electron chi connectivity index (χ3n) is 4.48. The molecule has 1 aliphatic heterocycles. The SMILES string of the molecule is O=C(CCCS(=O)(=O)N1CCCC1)Nc1ccccc1Oc1ccccc1Cl. The Labute approximate surface area is 170 Å². The zero-order valence-electron chi connectivity index (χ0n) is 15.4. The van der Waals surface area contributed by atoms with Crippen LogP contribution < -0.4 is 10.1 Å². The van der Waals surface area contributed by atoms with Gasteiger partial charge in [-0.2, -0.15) is 0 Å². The summed E-state index contributed by atoms with van der Waals surface area (Å²) in [6.45, 7) is 1.17. The maximum absolute atomic E-state index is 12.3. The Morgan fingerprint density at radius 3 is 2.39 bits per heavy atom. The Morgan fingerprint density at radius 1 is 1.04 bits per heavy atom. The molecule has 1 aliphatic rings. The first-order valence-electron chi connectivity index (χ1n) is 9.25. The van der Waals surface area contributed by atoms with Crippen molar-refractivity contribution in [2.45, 2.75) is 25.7 Å². The van der Waals surface area contributed by atoms with Crippen molar-refractivity contribution in [3.05, 3.63) is 53.6 Å². The lowest BCUT2D eigenvalue weighted by atomic mass is 10.2. The zero-order chi connectivity index (χ0) is 20.0. The molecule has 1 heterocycles. The minimum Gasteiger partial charge on any atom is -0.454 e. The predicted octanol–water partition coefficient (Wildman–Crippen LogP) is 4.28. The maximum Gasteiger partial charge on any atom is 0.224 e. The number of halogens is 1. The van der Waals surface area contributed by atoms with E-state index in [1.165, 1.54) is 4.31 Å². The average Bonchev–Trinajstić information content (AvgIpc) is 3.21. The molecule has 8 heteroatoms. The Hall–Kier alpha value is -2.09. The van der Waals surface area contributed by atoms with Crippen molar-refractivity contribution in [1.82, 2.24) is 4.31 Å². The summed E-state index contributed by atoms with van der Waals surface area (Å²) in [4.78, 5) is 12.3. The summed E-state index contributed by atoms with van der Waals surface area (Å²) in [7, 11) is -3.27. The molecule has 6 nitrogen and oxygen atoms in total. The monoisotopic (exact) mass is 422 g/mol. The number of carbonyl (C=O) groups is 1. The smallest absolute Gasteiger partial charge is 0.224 e. The summed E-state index contributed by atoms with van der Waals surface area (Å²) in [5.41, 5.74) is 0.509. The van der Waals surface area contributed by atoms with Crippen LogP contribution in [0.15, 0.2) is 48.5 Å². The van der Waals surface area contributed by atoms with Gasteiger partial charge in [0.25, 0.3) is 0 Å². The van der Waals surface area contributed by atoms with Crippen LogP contribution in [-0.2, 0) is 14.8 Å². The van der Waals surface area contributed by atoms with Gasteiger partial charge in [0.05, 0.1) is 16.5 Å². The molecule has 2 aromatic rings. The Kier molecular flexibility index (Phi) is 6.93. The quantitative estimate of drug-likeness (QED) is 0.689. The van der Waals surface area contributed by atoms with Crippen LogP contribution in [0.25, 0.3) is 0 Å². The van der Waals surface area contributed by atoms with Gasteiger partial charge in [-0.25, -0.2) is 12.7 Å². The van der Waals surface area contributed by atoms with Gasteiger partial charge in [-0.3, -0.25) is 4.79 Å². The van der Waals surface area contributed by atoms with Gasteiger partial charge in [0.15, 0.2) is 5.75 Å². The van der Waals surface area contributed by atoms with Crippen LogP contribution in [-0.4, -0.2) is 37.5 Å². The molecule has 28 heavy (non-hydrogen) atoms. The minimum atomic E-state index is -3.27. The van der Waals surface area contributed by atoms with E-state index in [1.807, 2.05) is 6.07 Å². The molecule has 0 aromatic heterocycles. The number of nitrogens with one attached hydrogen (secondary N) is 1. The fourth-order valence-electron chi connectivity index (χ4n) is 3.03. The van der Waals surface area contributed by atoms with Crippen molar-refractivity contribution in [2.75, 3.05) is 24.2 Å². The first-order valence-corrected chi connectivity index (χ1v) is 11.2. The van der Waals surface area contributed by atoms with E-state index in [9.17, 15) is 13.2 Å². The number of anilines is 1. The second kappa shape index (κ2) is 9.41. The molecule has 0 bridgehead atoms. The van der Waals surface area contributed by atoms with Gasteiger partial charge < -0.3 is 10.1 Å². The van der Waals surface area contributed by atoms with Crippen molar-refractivity contribution >= 4 is 33.2 Å². The second-order valence-electron chi connectivity index (χ2n) is 6.60. The molecule has 1 amide bonds. The fourth-order valence-corrected chi connectivity index (χ4v) is 4.78. The Morgan fingerprint density at radius 2 is 1.68 bits per heavy atom. The highest BCUT2D eigenvalue weighted by atomic mass is 35.5. The van der Waals surface area contributed by atoms with E-state index < -0.39 is 10.0 Å². The molecule has 0 saturated carbocycles. The van der Waals surface area contributed by atoms with E-state index in [4.69, 9.17) is 16.3 Å². The summed E-state index contributed by atoms with van der Waals surface area (Å²) in [5, 5.41) is 3.26. The molecule has 3 rings (SSSR count). The highest BCUT2D eigenvalue weighted by Crippen LogP contribution is 2.33. The summed E-state index contributed by atoms with van der Waals surface area (Å²) in [6, 6.07) is 14.1. The lowest BCUT2D eigenvalue weighted by Gasteiger charge is -2.15. The highest BCUT2D eigenvalue weighted by molar-refractivity contribution is 7.89. The first kappa shape index (κ1) is 20.6. The van der Waals surface area contributed by atoms with E-state index in [-0.39, 0.29) is 24.5 Å². The van der Waals surface area contributed by atoms with E-state index in [0.29, 0.717) is 35.3 Å². The number of amides is 1. The van der Waals surface area contributed by atoms with Crippen molar-refractivity contribution in [3.8, 4) is 11.5 Å². The number of rotatable bonds is 8. The minimum absolute atomic E-state index is 0.0157. The molecule has 0 atom stereocenters. The van der Waals surface area contributed by atoms with Crippen LogP contribution in [0.1, 0.15) is 25.7 Å². The number of para-hydroxylation sites is 3. The number of sulfonamides is 1. The normalized spacial score (nSPS) is 14.8. The van der Waals surface area contributed by atoms with Crippen LogP contribution in [0.2, 0.25) is 5.02 Å². The molecular weight excluding hydrogens is 400 g/mol. The summed E-state index contributed by atoms with van der Waals surface area (Å²) >= 11 is 6.12. The number of hydrogen-bond donors (Lipinski definition) is 1. The Balaban J connectivity index is 1.56. The van der Waals surface area contributed by atoms with Gasteiger partial charge >= 0.3 is 0 Å². The molecule has 0 aliphatic carbocycles. The molecule has 1 N–H and O–H groups in total. The van der Waals surface area contributed by atoms with E-state index in [0.717, 1.165) is 12.8 Å². The van der Waals surface area contributed by atoms with Crippen LogP contribution in [0.5, 0.6) is 11.5 Å². The fraction of sp³-hybridized carbons (Fsp3) is 0.350. The molecular formula is C20H23ClN2O4S. The molecule has 1 saturated heterocycles.